The van der Waals surface area contributed by atoms with Crippen molar-refractivity contribution < 1.29 is 22.6 Å². The van der Waals surface area contributed by atoms with E-state index in [9.17, 15) is 8.42 Å². The Morgan fingerprint density at radius 1 is 0.971 bits per heavy atom. The van der Waals surface area contributed by atoms with Gasteiger partial charge in [-0.05, 0) is 42.0 Å². The SMILES string of the molecule is COc1ccc(Cn2ccnc2CN(CCN2CCOCC2)S(=O)(=O)c2ccc(OC)cc2)cc1. The fraction of sp³-hybridized carbons (Fsp3) is 0.400. The van der Waals surface area contributed by atoms with E-state index in [0.29, 0.717) is 44.4 Å². The van der Waals surface area contributed by atoms with Crippen LogP contribution < -0.4 is 9.47 Å². The number of morpholine rings is 1. The molecule has 0 unspecified atom stereocenters. The predicted octanol–water partition coefficient (Wildman–Crippen LogP) is 2.47. The second-order valence-electron chi connectivity index (χ2n) is 8.29. The van der Waals surface area contributed by atoms with Crippen LogP contribution in [0, 0.1) is 0 Å². The first-order valence-corrected chi connectivity index (χ1v) is 13.0. The largest absolute Gasteiger partial charge is 0.497 e. The van der Waals surface area contributed by atoms with Crippen LogP contribution in [0.4, 0.5) is 0 Å². The van der Waals surface area contributed by atoms with Gasteiger partial charge in [-0.3, -0.25) is 4.90 Å². The van der Waals surface area contributed by atoms with Crippen molar-refractivity contribution in [1.29, 1.82) is 0 Å². The lowest BCUT2D eigenvalue weighted by Gasteiger charge is -2.29. The lowest BCUT2D eigenvalue weighted by Crippen LogP contribution is -2.43. The molecular formula is C25H32N4O5S. The van der Waals surface area contributed by atoms with Gasteiger partial charge in [0, 0.05) is 45.1 Å². The van der Waals surface area contributed by atoms with Crippen LogP contribution in [0.1, 0.15) is 11.4 Å². The molecule has 1 aromatic heterocycles. The van der Waals surface area contributed by atoms with Crippen molar-refractivity contribution in [3.63, 3.8) is 0 Å². The summed E-state index contributed by atoms with van der Waals surface area (Å²) >= 11 is 0. The maximum absolute atomic E-state index is 13.7. The van der Waals surface area contributed by atoms with Crippen LogP contribution in [0.3, 0.4) is 0 Å². The van der Waals surface area contributed by atoms with E-state index in [-0.39, 0.29) is 11.4 Å². The zero-order chi connectivity index (χ0) is 24.7. The maximum Gasteiger partial charge on any atom is 0.243 e. The first kappa shape index (κ1) is 25.2. The number of hydrogen-bond donors (Lipinski definition) is 0. The van der Waals surface area contributed by atoms with Crippen molar-refractivity contribution in [2.75, 3.05) is 53.6 Å². The molecule has 2 aromatic carbocycles. The number of ether oxygens (including phenoxy) is 3. The average molecular weight is 501 g/mol. The van der Waals surface area contributed by atoms with E-state index < -0.39 is 10.0 Å². The van der Waals surface area contributed by atoms with E-state index in [1.807, 2.05) is 35.0 Å². The smallest absolute Gasteiger partial charge is 0.243 e. The predicted molar refractivity (Wildman–Crippen MR) is 132 cm³/mol. The third-order valence-electron chi connectivity index (χ3n) is 6.10. The highest BCUT2D eigenvalue weighted by molar-refractivity contribution is 7.89. The van der Waals surface area contributed by atoms with Crippen molar-refractivity contribution >= 4 is 10.0 Å². The van der Waals surface area contributed by atoms with E-state index in [2.05, 4.69) is 9.88 Å². The molecule has 9 nitrogen and oxygen atoms in total. The standard InChI is InChI=1S/C25H32N4O5S/c1-32-22-5-3-21(4-6-22)19-28-12-11-26-25(28)20-29(14-13-27-15-17-34-18-16-27)35(30,31)24-9-7-23(33-2)8-10-24/h3-12H,13-20H2,1-2H3. The molecule has 0 atom stereocenters. The van der Waals surface area contributed by atoms with Crippen LogP contribution in [-0.2, 0) is 27.8 Å². The topological polar surface area (TPSA) is 86.1 Å². The van der Waals surface area contributed by atoms with Gasteiger partial charge in [-0.25, -0.2) is 13.4 Å². The van der Waals surface area contributed by atoms with Crippen LogP contribution in [0.5, 0.6) is 11.5 Å². The monoisotopic (exact) mass is 500 g/mol. The first-order chi connectivity index (χ1) is 17.0. The molecule has 0 aliphatic carbocycles. The molecule has 0 saturated carbocycles. The average Bonchev–Trinajstić information content (AvgIpc) is 3.33. The Balaban J connectivity index is 1.55. The summed E-state index contributed by atoms with van der Waals surface area (Å²) in [5, 5.41) is 0. The summed E-state index contributed by atoms with van der Waals surface area (Å²) in [4.78, 5) is 6.95. The molecule has 1 aliphatic rings. The summed E-state index contributed by atoms with van der Waals surface area (Å²) in [5.41, 5.74) is 1.07. The molecule has 3 aromatic rings. The van der Waals surface area contributed by atoms with Crippen molar-refractivity contribution in [2.45, 2.75) is 18.0 Å². The molecule has 188 valence electrons. The van der Waals surface area contributed by atoms with Crippen LogP contribution >= 0.6 is 0 Å². The second kappa shape index (κ2) is 11.7. The summed E-state index contributed by atoms with van der Waals surface area (Å²) in [7, 11) is -0.559. The fourth-order valence-electron chi connectivity index (χ4n) is 3.98. The highest BCUT2D eigenvalue weighted by atomic mass is 32.2. The lowest BCUT2D eigenvalue weighted by molar-refractivity contribution is 0.0360. The van der Waals surface area contributed by atoms with Gasteiger partial charge in [0.25, 0.3) is 0 Å². The van der Waals surface area contributed by atoms with Gasteiger partial charge < -0.3 is 18.8 Å². The van der Waals surface area contributed by atoms with Crippen LogP contribution in [0.15, 0.2) is 65.8 Å². The number of aromatic nitrogens is 2. The Labute approximate surface area is 206 Å². The molecule has 0 radical (unpaired) electrons. The minimum Gasteiger partial charge on any atom is -0.497 e. The molecule has 1 saturated heterocycles. The van der Waals surface area contributed by atoms with Gasteiger partial charge in [0.15, 0.2) is 0 Å². The maximum atomic E-state index is 13.7. The molecule has 0 spiro atoms. The summed E-state index contributed by atoms with van der Waals surface area (Å²) in [5.74, 6) is 2.08. The van der Waals surface area contributed by atoms with Gasteiger partial charge >= 0.3 is 0 Å². The molecule has 1 aliphatic heterocycles. The molecule has 0 bridgehead atoms. The minimum absolute atomic E-state index is 0.169. The Kier molecular flexibility index (Phi) is 8.40. The molecule has 10 heteroatoms. The molecule has 35 heavy (non-hydrogen) atoms. The molecule has 4 rings (SSSR count). The highest BCUT2D eigenvalue weighted by Gasteiger charge is 2.27. The third kappa shape index (κ3) is 6.40. The molecule has 1 fully saturated rings. The molecule has 0 N–H and O–H groups in total. The van der Waals surface area contributed by atoms with Gasteiger partial charge in [-0.15, -0.1) is 0 Å². The number of benzene rings is 2. The van der Waals surface area contributed by atoms with Gasteiger partial charge in [-0.1, -0.05) is 12.1 Å². The normalized spacial score (nSPS) is 14.8. The lowest BCUT2D eigenvalue weighted by atomic mass is 10.2. The summed E-state index contributed by atoms with van der Waals surface area (Å²) in [6, 6.07) is 14.3. The zero-order valence-electron chi connectivity index (χ0n) is 20.2. The van der Waals surface area contributed by atoms with Crippen molar-refractivity contribution in [2.24, 2.45) is 0 Å². The Bertz CT molecular complexity index is 1170. The van der Waals surface area contributed by atoms with Crippen LogP contribution in [0.25, 0.3) is 0 Å². The number of nitrogens with zero attached hydrogens (tertiary/aromatic N) is 4. The van der Waals surface area contributed by atoms with Crippen molar-refractivity contribution in [3.05, 3.63) is 72.3 Å². The van der Waals surface area contributed by atoms with Gasteiger partial charge in [-0.2, -0.15) is 4.31 Å². The van der Waals surface area contributed by atoms with Crippen molar-refractivity contribution in [3.8, 4) is 11.5 Å². The molecule has 2 heterocycles. The quantitative estimate of drug-likeness (QED) is 0.400. The van der Waals surface area contributed by atoms with Crippen molar-refractivity contribution in [1.82, 2.24) is 18.8 Å². The second-order valence-corrected chi connectivity index (χ2v) is 10.2. The Morgan fingerprint density at radius 3 is 2.23 bits per heavy atom. The van der Waals surface area contributed by atoms with E-state index in [0.717, 1.165) is 24.4 Å². The van der Waals surface area contributed by atoms with Gasteiger partial charge in [0.05, 0.1) is 38.9 Å². The number of imidazole rings is 1. The van der Waals surface area contributed by atoms with E-state index in [4.69, 9.17) is 14.2 Å². The number of sulfonamides is 1. The van der Waals surface area contributed by atoms with E-state index in [1.165, 1.54) is 4.31 Å². The molecule has 0 amide bonds. The summed E-state index contributed by atoms with van der Waals surface area (Å²) in [6.45, 7) is 4.64. The van der Waals surface area contributed by atoms with Crippen LogP contribution in [-0.4, -0.2) is 80.8 Å². The van der Waals surface area contributed by atoms with E-state index in [1.54, 1.807) is 44.7 Å². The first-order valence-electron chi connectivity index (χ1n) is 11.6. The van der Waals surface area contributed by atoms with E-state index >= 15 is 0 Å². The number of methoxy groups -OCH3 is 2. The number of rotatable bonds is 11. The van der Waals surface area contributed by atoms with Crippen LogP contribution in [0.2, 0.25) is 0 Å². The summed E-state index contributed by atoms with van der Waals surface area (Å²) in [6.07, 6.45) is 3.58. The zero-order valence-corrected chi connectivity index (χ0v) is 21.0. The van der Waals surface area contributed by atoms with Gasteiger partial charge in [0.1, 0.15) is 17.3 Å². The Hall–Kier alpha value is -2.92. The minimum atomic E-state index is -3.75. The van der Waals surface area contributed by atoms with Gasteiger partial charge in [0.2, 0.25) is 10.0 Å². The summed E-state index contributed by atoms with van der Waals surface area (Å²) < 4.78 is 46.7. The fourth-order valence-corrected chi connectivity index (χ4v) is 5.37. The number of hydrogen-bond acceptors (Lipinski definition) is 7. The molecular weight excluding hydrogens is 468 g/mol. The Morgan fingerprint density at radius 2 is 1.60 bits per heavy atom. The highest BCUT2D eigenvalue weighted by Crippen LogP contribution is 2.22. The third-order valence-corrected chi connectivity index (χ3v) is 7.96.